The third-order valence-electron chi connectivity index (χ3n) is 6.03. The van der Waals surface area contributed by atoms with Crippen LogP contribution in [0.4, 0.5) is 0 Å². The third-order valence-corrected chi connectivity index (χ3v) is 7.20. The minimum atomic E-state index is -0.630. The molecule has 1 aliphatic heterocycles. The van der Waals surface area contributed by atoms with Crippen molar-refractivity contribution in [2.45, 2.75) is 25.9 Å². The molecule has 1 aromatic carbocycles. The summed E-state index contributed by atoms with van der Waals surface area (Å²) < 4.78 is 0. The van der Waals surface area contributed by atoms with Crippen LogP contribution in [0.5, 0.6) is 0 Å². The molecule has 1 N–H and O–H groups in total. The van der Waals surface area contributed by atoms with Crippen molar-refractivity contribution < 1.29 is 14.4 Å². The number of hydrogen-bond acceptors (Lipinski definition) is 5. The van der Waals surface area contributed by atoms with Gasteiger partial charge in [-0.25, -0.2) is 0 Å². The lowest BCUT2D eigenvalue weighted by molar-refractivity contribution is -0.124. The molecule has 1 saturated heterocycles. The SMILES string of the molecule is CN(C)C(=O)C(=O)c1c[nH]c2cc(Cl)c(C(=O)N3CCN(Cc4cccs4)CC3(C)C)cc12. The van der Waals surface area contributed by atoms with E-state index < -0.39 is 17.2 Å². The number of Topliss-reactive ketones (excluding diaryl/α,β-unsaturated/α-hetero) is 1. The average Bonchev–Trinajstić information content (AvgIpc) is 3.40. The Balaban J connectivity index is 1.61. The Morgan fingerprint density at radius 3 is 2.58 bits per heavy atom. The van der Waals surface area contributed by atoms with Gasteiger partial charge in [0.1, 0.15) is 0 Å². The zero-order valence-corrected chi connectivity index (χ0v) is 20.7. The number of ketones is 1. The van der Waals surface area contributed by atoms with Gasteiger partial charge in [-0.1, -0.05) is 17.7 Å². The molecule has 0 unspecified atom stereocenters. The van der Waals surface area contributed by atoms with Gasteiger partial charge in [-0.2, -0.15) is 0 Å². The molecule has 0 atom stereocenters. The van der Waals surface area contributed by atoms with Crippen LogP contribution in [-0.4, -0.2) is 76.5 Å². The number of piperazine rings is 1. The molecule has 2 amide bonds. The molecular weight excluding hydrogens is 460 g/mol. The van der Waals surface area contributed by atoms with E-state index >= 15 is 0 Å². The van der Waals surface area contributed by atoms with Crippen LogP contribution in [0.15, 0.2) is 35.8 Å². The van der Waals surface area contributed by atoms with Gasteiger partial charge in [0.2, 0.25) is 0 Å². The predicted molar refractivity (Wildman–Crippen MR) is 131 cm³/mol. The van der Waals surface area contributed by atoms with Crippen LogP contribution < -0.4 is 0 Å². The summed E-state index contributed by atoms with van der Waals surface area (Å²) >= 11 is 8.23. The molecular formula is C24H27ClN4O3S. The predicted octanol–water partition coefficient (Wildman–Crippen LogP) is 3.89. The minimum Gasteiger partial charge on any atom is -0.360 e. The minimum absolute atomic E-state index is 0.179. The number of benzene rings is 1. The molecule has 33 heavy (non-hydrogen) atoms. The summed E-state index contributed by atoms with van der Waals surface area (Å²) in [5, 5.41) is 2.89. The van der Waals surface area contributed by atoms with Crippen LogP contribution in [0.3, 0.4) is 0 Å². The Hall–Kier alpha value is -2.68. The van der Waals surface area contributed by atoms with Gasteiger partial charge in [-0.3, -0.25) is 19.3 Å². The van der Waals surface area contributed by atoms with Gasteiger partial charge in [0.15, 0.2) is 0 Å². The second kappa shape index (κ2) is 8.93. The third kappa shape index (κ3) is 4.55. The summed E-state index contributed by atoms with van der Waals surface area (Å²) in [6, 6.07) is 7.44. The maximum absolute atomic E-state index is 13.6. The van der Waals surface area contributed by atoms with Crippen molar-refractivity contribution in [3.63, 3.8) is 0 Å². The van der Waals surface area contributed by atoms with Crippen molar-refractivity contribution in [1.82, 2.24) is 19.7 Å². The first kappa shape index (κ1) is 23.5. The van der Waals surface area contributed by atoms with E-state index in [1.165, 1.54) is 30.1 Å². The highest BCUT2D eigenvalue weighted by Gasteiger charge is 2.38. The van der Waals surface area contributed by atoms with Gasteiger partial charge in [-0.15, -0.1) is 11.3 Å². The molecule has 3 heterocycles. The normalized spacial score (nSPS) is 16.2. The standard InChI is InChI=1S/C24H27ClN4O3S/c1-24(2)14-28(13-15-6-5-9-33-15)7-8-29(24)22(31)17-10-16-18(21(30)23(32)27(3)4)12-26-20(16)11-19(17)25/h5-6,9-12,26H,7-8,13-14H2,1-4H3. The number of rotatable bonds is 5. The number of thiophene rings is 1. The topological polar surface area (TPSA) is 76.7 Å². The number of amides is 2. The van der Waals surface area contributed by atoms with Crippen LogP contribution in [0.25, 0.3) is 10.9 Å². The smallest absolute Gasteiger partial charge is 0.294 e. The van der Waals surface area contributed by atoms with Crippen molar-refractivity contribution in [2.24, 2.45) is 0 Å². The highest BCUT2D eigenvalue weighted by molar-refractivity contribution is 7.09. The number of halogens is 1. The van der Waals surface area contributed by atoms with E-state index in [0.29, 0.717) is 28.0 Å². The van der Waals surface area contributed by atoms with Gasteiger partial charge in [0, 0.05) is 62.3 Å². The van der Waals surface area contributed by atoms with Crippen molar-refractivity contribution in [2.75, 3.05) is 33.7 Å². The highest BCUT2D eigenvalue weighted by atomic mass is 35.5. The summed E-state index contributed by atoms with van der Waals surface area (Å²) in [6.07, 6.45) is 1.49. The molecule has 0 bridgehead atoms. The van der Waals surface area contributed by atoms with Gasteiger partial charge in [0.25, 0.3) is 17.6 Å². The largest absolute Gasteiger partial charge is 0.360 e. The Morgan fingerprint density at radius 2 is 1.94 bits per heavy atom. The number of aromatic amines is 1. The molecule has 9 heteroatoms. The van der Waals surface area contributed by atoms with Crippen LogP contribution in [0.2, 0.25) is 5.02 Å². The lowest BCUT2D eigenvalue weighted by atomic mass is 9.96. The number of nitrogens with zero attached hydrogens (tertiary/aromatic N) is 3. The van der Waals surface area contributed by atoms with E-state index in [4.69, 9.17) is 11.6 Å². The fourth-order valence-corrected chi connectivity index (χ4v) is 5.34. The number of H-pyrrole nitrogens is 1. The molecule has 0 saturated carbocycles. The molecule has 1 fully saturated rings. The second-order valence-corrected chi connectivity index (χ2v) is 10.6. The van der Waals surface area contributed by atoms with E-state index in [1.54, 1.807) is 23.5 Å². The second-order valence-electron chi connectivity index (χ2n) is 9.17. The molecule has 0 spiro atoms. The van der Waals surface area contributed by atoms with E-state index in [-0.39, 0.29) is 11.5 Å². The molecule has 1 aliphatic rings. The summed E-state index contributed by atoms with van der Waals surface area (Å²) in [5.41, 5.74) is 0.763. The summed E-state index contributed by atoms with van der Waals surface area (Å²) in [6.45, 7) is 7.05. The number of carbonyl (C=O) groups excluding carboxylic acids is 3. The zero-order valence-electron chi connectivity index (χ0n) is 19.1. The Bertz CT molecular complexity index is 1220. The molecule has 0 radical (unpaired) electrons. The Kier molecular flexibility index (Phi) is 6.35. The van der Waals surface area contributed by atoms with Crippen molar-refractivity contribution in [3.05, 3.63) is 56.9 Å². The average molecular weight is 487 g/mol. The summed E-state index contributed by atoms with van der Waals surface area (Å²) in [7, 11) is 3.06. The van der Waals surface area contributed by atoms with E-state index in [1.807, 2.05) is 4.90 Å². The number of carbonyl (C=O) groups is 3. The molecule has 3 aromatic rings. The number of fused-ring (bicyclic) bond motifs is 1. The van der Waals surface area contributed by atoms with Gasteiger partial charge in [-0.05, 0) is 37.4 Å². The van der Waals surface area contributed by atoms with Crippen LogP contribution in [0, 0.1) is 0 Å². The first-order valence-electron chi connectivity index (χ1n) is 10.7. The van der Waals surface area contributed by atoms with Crippen LogP contribution in [0.1, 0.15) is 39.4 Å². The number of aromatic nitrogens is 1. The quantitative estimate of drug-likeness (QED) is 0.438. The maximum atomic E-state index is 13.6. The van der Waals surface area contributed by atoms with E-state index in [9.17, 15) is 14.4 Å². The first-order chi connectivity index (χ1) is 15.6. The monoisotopic (exact) mass is 486 g/mol. The zero-order chi connectivity index (χ0) is 23.9. The number of hydrogen-bond donors (Lipinski definition) is 1. The van der Waals surface area contributed by atoms with Crippen LogP contribution in [-0.2, 0) is 11.3 Å². The fraction of sp³-hybridized carbons (Fsp3) is 0.375. The summed E-state index contributed by atoms with van der Waals surface area (Å²) in [4.78, 5) is 48.2. The van der Waals surface area contributed by atoms with Gasteiger partial charge < -0.3 is 14.8 Å². The highest BCUT2D eigenvalue weighted by Crippen LogP contribution is 2.31. The maximum Gasteiger partial charge on any atom is 0.294 e. The van der Waals surface area contributed by atoms with Crippen molar-refractivity contribution >= 4 is 51.4 Å². The molecule has 4 rings (SSSR count). The van der Waals surface area contributed by atoms with E-state index in [2.05, 4.69) is 41.2 Å². The van der Waals surface area contributed by atoms with Crippen LogP contribution >= 0.6 is 22.9 Å². The molecule has 2 aromatic heterocycles. The van der Waals surface area contributed by atoms with Gasteiger partial charge in [0.05, 0.1) is 21.7 Å². The summed E-state index contributed by atoms with van der Waals surface area (Å²) in [5.74, 6) is -1.43. The number of nitrogens with one attached hydrogen (secondary N) is 1. The van der Waals surface area contributed by atoms with E-state index in [0.717, 1.165) is 19.6 Å². The molecule has 0 aliphatic carbocycles. The first-order valence-corrected chi connectivity index (χ1v) is 12.0. The molecule has 174 valence electrons. The Labute approximate surface area is 201 Å². The lowest BCUT2D eigenvalue weighted by Gasteiger charge is -2.47. The number of likely N-dealkylation sites (N-methyl/N-ethyl adjacent to an activating group) is 1. The lowest BCUT2D eigenvalue weighted by Crippen LogP contribution is -2.60. The molecule has 7 nitrogen and oxygen atoms in total. The fourth-order valence-electron chi connectivity index (χ4n) is 4.35. The van der Waals surface area contributed by atoms with Crippen molar-refractivity contribution in [1.29, 1.82) is 0 Å². The van der Waals surface area contributed by atoms with Gasteiger partial charge >= 0.3 is 0 Å². The van der Waals surface area contributed by atoms with Crippen molar-refractivity contribution in [3.8, 4) is 0 Å². The Morgan fingerprint density at radius 1 is 1.18 bits per heavy atom.